The van der Waals surface area contributed by atoms with E-state index in [1.807, 2.05) is 36.6 Å². The molecule has 3 aromatic heterocycles. The average molecular weight is 476 g/mol. The predicted octanol–water partition coefficient (Wildman–Crippen LogP) is 2.23. The van der Waals surface area contributed by atoms with Crippen LogP contribution < -0.4 is 11.1 Å². The molecule has 34 heavy (non-hydrogen) atoms. The smallest absolute Gasteiger partial charge is 0.263 e. The van der Waals surface area contributed by atoms with Crippen molar-refractivity contribution in [3.05, 3.63) is 103 Å². The zero-order valence-electron chi connectivity index (χ0n) is 18.9. The lowest BCUT2D eigenvalue weighted by Crippen LogP contribution is -2.49. The van der Waals surface area contributed by atoms with E-state index in [1.165, 1.54) is 15.7 Å². The van der Waals surface area contributed by atoms with Crippen LogP contribution in [0.5, 0.6) is 0 Å². The molecule has 0 atom stereocenters. The standard InChI is InChI=1S/C25H25N5O3S/c1-18-4-2-5-19(14-18)16-29-7-3-6-21(24(29)33)23(32)28-10-8-27(9-11-28)17-20-15-22(31)30-12-13-34-25(30)26-20/h2-7,12-15H,8-11,16-17H2,1H3. The van der Waals surface area contributed by atoms with Gasteiger partial charge in [0.25, 0.3) is 17.0 Å². The van der Waals surface area contributed by atoms with E-state index in [1.54, 1.807) is 40.1 Å². The molecule has 0 bridgehead atoms. The van der Waals surface area contributed by atoms with Crippen LogP contribution in [0.4, 0.5) is 0 Å². The van der Waals surface area contributed by atoms with Crippen LogP contribution >= 0.6 is 11.3 Å². The average Bonchev–Trinajstić information content (AvgIpc) is 3.30. The van der Waals surface area contributed by atoms with Crippen molar-refractivity contribution in [1.29, 1.82) is 0 Å². The number of nitrogens with zero attached hydrogens (tertiary/aromatic N) is 5. The second-order valence-electron chi connectivity index (χ2n) is 8.55. The molecular weight excluding hydrogens is 450 g/mol. The van der Waals surface area contributed by atoms with Gasteiger partial charge in [-0.15, -0.1) is 11.3 Å². The summed E-state index contributed by atoms with van der Waals surface area (Å²) in [6.07, 6.45) is 3.45. The largest absolute Gasteiger partial charge is 0.336 e. The van der Waals surface area contributed by atoms with Gasteiger partial charge in [-0.05, 0) is 24.6 Å². The Labute approximate surface area is 200 Å². The number of piperazine rings is 1. The fourth-order valence-electron chi connectivity index (χ4n) is 4.31. The highest BCUT2D eigenvalue weighted by atomic mass is 32.1. The summed E-state index contributed by atoms with van der Waals surface area (Å²) in [5.74, 6) is -0.236. The molecule has 5 rings (SSSR count). The lowest BCUT2D eigenvalue weighted by Gasteiger charge is -2.34. The van der Waals surface area contributed by atoms with Crippen molar-refractivity contribution in [3.8, 4) is 0 Å². The summed E-state index contributed by atoms with van der Waals surface area (Å²) in [7, 11) is 0. The van der Waals surface area contributed by atoms with Gasteiger partial charge in [-0.25, -0.2) is 4.98 Å². The van der Waals surface area contributed by atoms with E-state index in [2.05, 4.69) is 9.88 Å². The monoisotopic (exact) mass is 475 g/mol. The maximum Gasteiger partial charge on any atom is 0.263 e. The number of hydrogen-bond donors (Lipinski definition) is 0. The number of benzene rings is 1. The Morgan fingerprint density at radius 1 is 1.00 bits per heavy atom. The van der Waals surface area contributed by atoms with E-state index in [-0.39, 0.29) is 22.6 Å². The molecule has 1 aliphatic heterocycles. The van der Waals surface area contributed by atoms with Gasteiger partial charge in [0.1, 0.15) is 5.56 Å². The lowest BCUT2D eigenvalue weighted by atomic mass is 10.1. The molecular formula is C25H25N5O3S. The van der Waals surface area contributed by atoms with Crippen molar-refractivity contribution < 1.29 is 4.79 Å². The van der Waals surface area contributed by atoms with E-state index in [4.69, 9.17) is 0 Å². The third kappa shape index (κ3) is 4.57. The predicted molar refractivity (Wildman–Crippen MR) is 132 cm³/mol. The number of rotatable bonds is 5. The van der Waals surface area contributed by atoms with E-state index >= 15 is 0 Å². The minimum absolute atomic E-state index is 0.0823. The van der Waals surface area contributed by atoms with Crippen LogP contribution in [0.2, 0.25) is 0 Å². The van der Waals surface area contributed by atoms with E-state index in [9.17, 15) is 14.4 Å². The van der Waals surface area contributed by atoms with Crippen molar-refractivity contribution in [2.75, 3.05) is 26.2 Å². The number of carbonyl (C=O) groups is 1. The molecule has 0 N–H and O–H groups in total. The minimum atomic E-state index is -0.273. The summed E-state index contributed by atoms with van der Waals surface area (Å²) in [6, 6.07) is 12.9. The molecule has 0 unspecified atom stereocenters. The van der Waals surface area contributed by atoms with Crippen LogP contribution in [0.25, 0.3) is 4.96 Å². The van der Waals surface area contributed by atoms with Crippen molar-refractivity contribution in [1.82, 2.24) is 23.8 Å². The second-order valence-corrected chi connectivity index (χ2v) is 9.43. The summed E-state index contributed by atoms with van der Waals surface area (Å²) < 4.78 is 3.12. The Bertz CT molecular complexity index is 1460. The summed E-state index contributed by atoms with van der Waals surface area (Å²) in [5.41, 5.74) is 2.72. The molecule has 1 aromatic carbocycles. The van der Waals surface area contributed by atoms with Crippen LogP contribution in [0.15, 0.2) is 69.8 Å². The molecule has 0 spiro atoms. The normalized spacial score (nSPS) is 14.6. The molecule has 1 fully saturated rings. The van der Waals surface area contributed by atoms with Crippen molar-refractivity contribution >= 4 is 22.2 Å². The first-order valence-corrected chi connectivity index (χ1v) is 12.1. The van der Waals surface area contributed by atoms with Crippen LogP contribution in [-0.4, -0.2) is 55.8 Å². The molecule has 0 aliphatic carbocycles. The zero-order valence-corrected chi connectivity index (χ0v) is 19.7. The fourth-order valence-corrected chi connectivity index (χ4v) is 5.05. The molecule has 9 heteroatoms. The van der Waals surface area contributed by atoms with Crippen LogP contribution in [0, 0.1) is 6.92 Å². The number of hydrogen-bond acceptors (Lipinski definition) is 6. The highest BCUT2D eigenvalue weighted by Gasteiger charge is 2.24. The number of fused-ring (bicyclic) bond motifs is 1. The Hall–Kier alpha value is -3.56. The van der Waals surface area contributed by atoms with E-state index < -0.39 is 0 Å². The van der Waals surface area contributed by atoms with Crippen molar-refractivity contribution in [2.24, 2.45) is 0 Å². The second kappa shape index (κ2) is 9.36. The Kier molecular flexibility index (Phi) is 6.12. The van der Waals surface area contributed by atoms with E-state index in [0.717, 1.165) is 16.8 Å². The van der Waals surface area contributed by atoms with Gasteiger partial charge in [0, 0.05) is 56.6 Å². The molecule has 8 nitrogen and oxygen atoms in total. The Morgan fingerprint density at radius 2 is 1.82 bits per heavy atom. The number of aryl methyl sites for hydroxylation is 1. The molecule has 1 aliphatic rings. The molecule has 1 saturated heterocycles. The fraction of sp³-hybridized carbons (Fsp3) is 0.280. The van der Waals surface area contributed by atoms with Gasteiger partial charge in [-0.1, -0.05) is 29.8 Å². The number of aromatic nitrogens is 3. The van der Waals surface area contributed by atoms with Crippen LogP contribution in [0.3, 0.4) is 0 Å². The van der Waals surface area contributed by atoms with E-state index in [0.29, 0.717) is 44.2 Å². The third-order valence-electron chi connectivity index (χ3n) is 6.09. The minimum Gasteiger partial charge on any atom is -0.336 e. The highest BCUT2D eigenvalue weighted by Crippen LogP contribution is 2.12. The highest BCUT2D eigenvalue weighted by molar-refractivity contribution is 7.15. The number of thiazole rings is 1. The third-order valence-corrected chi connectivity index (χ3v) is 6.84. The first-order valence-electron chi connectivity index (χ1n) is 11.2. The van der Waals surface area contributed by atoms with Crippen molar-refractivity contribution in [2.45, 2.75) is 20.0 Å². The maximum absolute atomic E-state index is 13.1. The topological polar surface area (TPSA) is 79.9 Å². The SMILES string of the molecule is Cc1cccc(Cn2cccc(C(=O)N3CCN(Cc4cc(=O)n5ccsc5n4)CC3)c2=O)c1. The Balaban J connectivity index is 1.25. The molecule has 4 aromatic rings. The number of amides is 1. The van der Waals surface area contributed by atoms with Crippen LogP contribution in [-0.2, 0) is 13.1 Å². The molecule has 174 valence electrons. The number of pyridine rings is 1. The van der Waals surface area contributed by atoms with Gasteiger partial charge >= 0.3 is 0 Å². The molecule has 1 amide bonds. The quantitative estimate of drug-likeness (QED) is 0.442. The lowest BCUT2D eigenvalue weighted by molar-refractivity contribution is 0.0624. The van der Waals surface area contributed by atoms with Gasteiger partial charge < -0.3 is 9.47 Å². The zero-order chi connectivity index (χ0) is 23.7. The van der Waals surface area contributed by atoms with Gasteiger partial charge in [-0.3, -0.25) is 23.7 Å². The van der Waals surface area contributed by atoms with Gasteiger partial charge in [0.2, 0.25) is 0 Å². The summed E-state index contributed by atoms with van der Waals surface area (Å²) in [4.78, 5) is 47.6. The molecule has 0 radical (unpaired) electrons. The van der Waals surface area contributed by atoms with Gasteiger partial charge in [0.05, 0.1) is 12.2 Å². The summed E-state index contributed by atoms with van der Waals surface area (Å²) >= 11 is 1.43. The van der Waals surface area contributed by atoms with Gasteiger partial charge in [-0.2, -0.15) is 0 Å². The molecule has 4 heterocycles. The number of carbonyl (C=O) groups excluding carboxylic acids is 1. The van der Waals surface area contributed by atoms with Crippen molar-refractivity contribution in [3.63, 3.8) is 0 Å². The summed E-state index contributed by atoms with van der Waals surface area (Å²) in [5, 5.41) is 1.84. The first kappa shape index (κ1) is 22.2. The summed E-state index contributed by atoms with van der Waals surface area (Å²) in [6.45, 7) is 5.35. The molecule has 0 saturated carbocycles. The Morgan fingerprint density at radius 3 is 2.62 bits per heavy atom. The van der Waals surface area contributed by atoms with Gasteiger partial charge in [0.15, 0.2) is 4.96 Å². The maximum atomic E-state index is 13.1. The first-order chi connectivity index (χ1) is 16.5. The van der Waals surface area contributed by atoms with Crippen LogP contribution in [0.1, 0.15) is 27.2 Å².